The second kappa shape index (κ2) is 5.98. The van der Waals surface area contributed by atoms with Gasteiger partial charge in [0, 0.05) is 18.5 Å². The summed E-state index contributed by atoms with van der Waals surface area (Å²) < 4.78 is 0. The van der Waals surface area contributed by atoms with Crippen LogP contribution in [-0.4, -0.2) is 34.8 Å². The maximum absolute atomic E-state index is 11.3. The lowest BCUT2D eigenvalue weighted by Crippen LogP contribution is -2.30. The number of hydrogen-bond donors (Lipinski definition) is 3. The minimum Gasteiger partial charge on any atom is -0.383 e. The Kier molecular flexibility index (Phi) is 4.31. The van der Waals surface area contributed by atoms with Gasteiger partial charge < -0.3 is 15.7 Å². The second-order valence-electron chi connectivity index (χ2n) is 4.49. The van der Waals surface area contributed by atoms with Gasteiger partial charge in [0.2, 0.25) is 0 Å². The van der Waals surface area contributed by atoms with E-state index in [1.165, 1.54) is 18.4 Å². The molecule has 3 N–H and O–H groups in total. The molecule has 0 aliphatic heterocycles. The maximum atomic E-state index is 11.3. The van der Waals surface area contributed by atoms with Crippen molar-refractivity contribution in [3.63, 3.8) is 0 Å². The zero-order valence-electron chi connectivity index (χ0n) is 11.3. The van der Waals surface area contributed by atoms with Crippen LogP contribution in [0.5, 0.6) is 0 Å². The lowest BCUT2D eigenvalue weighted by Gasteiger charge is -2.22. The summed E-state index contributed by atoms with van der Waals surface area (Å²) >= 11 is 1.50. The highest BCUT2D eigenvalue weighted by atomic mass is 32.1. The predicted molar refractivity (Wildman–Crippen MR) is 77.8 cm³/mol. The summed E-state index contributed by atoms with van der Waals surface area (Å²) in [7, 11) is 1.54. The zero-order valence-corrected chi connectivity index (χ0v) is 12.1. The number of aliphatic hydroxyl groups is 1. The Morgan fingerprint density at radius 3 is 2.75 bits per heavy atom. The Labute approximate surface area is 120 Å². The van der Waals surface area contributed by atoms with Gasteiger partial charge in [-0.2, -0.15) is 0 Å². The molecule has 2 aromatic rings. The molecule has 0 spiro atoms. The van der Waals surface area contributed by atoms with Crippen LogP contribution in [-0.2, 0) is 5.60 Å². The summed E-state index contributed by atoms with van der Waals surface area (Å²) in [5.41, 5.74) is -0.724. The van der Waals surface area contributed by atoms with Crippen LogP contribution < -0.4 is 10.6 Å². The highest BCUT2D eigenvalue weighted by Crippen LogP contribution is 2.25. The van der Waals surface area contributed by atoms with E-state index in [1.54, 1.807) is 19.1 Å². The van der Waals surface area contributed by atoms with E-state index in [0.29, 0.717) is 12.4 Å². The maximum Gasteiger partial charge on any atom is 0.271 e. The number of amides is 1. The van der Waals surface area contributed by atoms with Crippen LogP contribution in [0.3, 0.4) is 0 Å². The first-order valence-electron chi connectivity index (χ1n) is 6.09. The average molecular weight is 292 g/mol. The van der Waals surface area contributed by atoms with Crippen LogP contribution >= 0.6 is 11.3 Å². The quantitative estimate of drug-likeness (QED) is 0.771. The predicted octanol–water partition coefficient (Wildman–Crippen LogP) is 1.22. The minimum absolute atomic E-state index is 0.253. The molecule has 0 bridgehead atoms. The summed E-state index contributed by atoms with van der Waals surface area (Å²) in [5, 5.41) is 25.5. The van der Waals surface area contributed by atoms with Crippen LogP contribution in [0.25, 0.3) is 0 Å². The minimum atomic E-state index is -0.977. The molecule has 1 amide bonds. The first-order valence-corrected chi connectivity index (χ1v) is 6.97. The molecule has 0 saturated carbocycles. The van der Waals surface area contributed by atoms with Crippen LogP contribution in [0.4, 0.5) is 5.82 Å². The third-order valence-corrected chi connectivity index (χ3v) is 3.91. The van der Waals surface area contributed by atoms with E-state index in [0.717, 1.165) is 4.88 Å². The van der Waals surface area contributed by atoms with Crippen molar-refractivity contribution in [2.75, 3.05) is 18.9 Å². The van der Waals surface area contributed by atoms with Crippen molar-refractivity contribution in [1.82, 2.24) is 15.5 Å². The fourth-order valence-corrected chi connectivity index (χ4v) is 2.40. The van der Waals surface area contributed by atoms with Crippen molar-refractivity contribution in [2.45, 2.75) is 12.5 Å². The van der Waals surface area contributed by atoms with Gasteiger partial charge in [0.1, 0.15) is 11.4 Å². The molecule has 0 fully saturated rings. The smallest absolute Gasteiger partial charge is 0.271 e. The fourth-order valence-electron chi connectivity index (χ4n) is 1.61. The van der Waals surface area contributed by atoms with Gasteiger partial charge in [-0.05, 0) is 30.5 Å². The molecular weight excluding hydrogens is 276 g/mol. The molecule has 7 heteroatoms. The van der Waals surface area contributed by atoms with Crippen LogP contribution in [0.2, 0.25) is 0 Å². The SMILES string of the molecule is CNC(=O)c1ccc(NCC(C)(O)c2cccs2)nn1. The molecular formula is C13H16N4O2S. The molecule has 2 rings (SSSR count). The van der Waals surface area contributed by atoms with E-state index in [-0.39, 0.29) is 11.6 Å². The number of anilines is 1. The van der Waals surface area contributed by atoms with Gasteiger partial charge in [-0.15, -0.1) is 21.5 Å². The topological polar surface area (TPSA) is 87.1 Å². The standard InChI is InChI=1S/C13H16N4O2S/c1-13(19,10-4-3-7-20-10)8-15-11-6-5-9(16-17-11)12(18)14-2/h3-7,19H,8H2,1-2H3,(H,14,18)(H,15,17). The number of carbonyl (C=O) groups excluding carboxylic acids is 1. The number of aromatic nitrogens is 2. The lowest BCUT2D eigenvalue weighted by molar-refractivity contribution is 0.0753. The van der Waals surface area contributed by atoms with Gasteiger partial charge in [0.05, 0.1) is 0 Å². The molecule has 20 heavy (non-hydrogen) atoms. The van der Waals surface area contributed by atoms with Gasteiger partial charge in [-0.3, -0.25) is 4.79 Å². The van der Waals surface area contributed by atoms with Crippen molar-refractivity contribution >= 4 is 23.1 Å². The summed E-state index contributed by atoms with van der Waals surface area (Å²) in [6.45, 7) is 2.04. The van der Waals surface area contributed by atoms with Gasteiger partial charge in [0.15, 0.2) is 5.69 Å². The Morgan fingerprint density at radius 1 is 1.40 bits per heavy atom. The number of hydrogen-bond acceptors (Lipinski definition) is 6. The molecule has 0 aromatic carbocycles. The Balaban J connectivity index is 1.99. The lowest BCUT2D eigenvalue weighted by atomic mass is 10.1. The molecule has 106 valence electrons. The van der Waals surface area contributed by atoms with Crippen molar-refractivity contribution in [2.24, 2.45) is 0 Å². The molecule has 1 atom stereocenters. The fraction of sp³-hybridized carbons (Fsp3) is 0.308. The van der Waals surface area contributed by atoms with Crippen LogP contribution in [0, 0.1) is 0 Å². The number of nitrogens with one attached hydrogen (secondary N) is 2. The molecule has 6 nitrogen and oxygen atoms in total. The normalized spacial score (nSPS) is 13.6. The van der Waals surface area contributed by atoms with E-state index in [2.05, 4.69) is 20.8 Å². The largest absolute Gasteiger partial charge is 0.383 e. The van der Waals surface area contributed by atoms with Gasteiger partial charge in [0.25, 0.3) is 5.91 Å². The van der Waals surface area contributed by atoms with Crippen molar-refractivity contribution in [3.8, 4) is 0 Å². The van der Waals surface area contributed by atoms with E-state index >= 15 is 0 Å². The summed E-state index contributed by atoms with van der Waals surface area (Å²) in [6, 6.07) is 7.01. The van der Waals surface area contributed by atoms with Crippen molar-refractivity contribution < 1.29 is 9.90 Å². The number of carbonyl (C=O) groups is 1. The molecule has 1 unspecified atom stereocenters. The van der Waals surface area contributed by atoms with E-state index in [4.69, 9.17) is 0 Å². The monoisotopic (exact) mass is 292 g/mol. The summed E-state index contributed by atoms with van der Waals surface area (Å²) in [6.07, 6.45) is 0. The molecule has 0 aliphatic carbocycles. The third kappa shape index (κ3) is 3.31. The molecule has 0 saturated heterocycles. The molecule has 0 aliphatic rings. The van der Waals surface area contributed by atoms with Gasteiger partial charge in [-0.1, -0.05) is 6.07 Å². The number of rotatable bonds is 5. The van der Waals surface area contributed by atoms with E-state index in [1.807, 2.05) is 17.5 Å². The van der Waals surface area contributed by atoms with Crippen molar-refractivity contribution in [3.05, 3.63) is 40.2 Å². The zero-order chi connectivity index (χ0) is 14.6. The van der Waals surface area contributed by atoms with Crippen molar-refractivity contribution in [1.29, 1.82) is 0 Å². The number of thiophene rings is 1. The van der Waals surface area contributed by atoms with Gasteiger partial charge in [-0.25, -0.2) is 0 Å². The van der Waals surface area contributed by atoms with E-state index < -0.39 is 5.60 Å². The average Bonchev–Trinajstić information content (AvgIpc) is 3.00. The third-order valence-electron chi connectivity index (χ3n) is 2.79. The number of nitrogens with zero attached hydrogens (tertiary/aromatic N) is 2. The summed E-state index contributed by atoms with van der Waals surface area (Å²) in [5.74, 6) is 0.226. The Hall–Kier alpha value is -1.99. The first kappa shape index (κ1) is 14.4. The Bertz CT molecular complexity index is 567. The highest BCUT2D eigenvalue weighted by Gasteiger charge is 2.24. The highest BCUT2D eigenvalue weighted by molar-refractivity contribution is 7.10. The molecule has 2 heterocycles. The van der Waals surface area contributed by atoms with Gasteiger partial charge >= 0.3 is 0 Å². The second-order valence-corrected chi connectivity index (χ2v) is 5.44. The molecule has 2 aromatic heterocycles. The first-order chi connectivity index (χ1) is 9.53. The van der Waals surface area contributed by atoms with Crippen LogP contribution in [0.15, 0.2) is 29.6 Å². The molecule has 0 radical (unpaired) electrons. The van der Waals surface area contributed by atoms with Crippen LogP contribution in [0.1, 0.15) is 22.3 Å². The Morgan fingerprint density at radius 2 is 2.20 bits per heavy atom. The summed E-state index contributed by atoms with van der Waals surface area (Å²) in [4.78, 5) is 12.2. The van der Waals surface area contributed by atoms with E-state index in [9.17, 15) is 9.90 Å².